The molecule has 7 nitrogen and oxygen atoms in total. The summed E-state index contributed by atoms with van der Waals surface area (Å²) in [5, 5.41) is 8.47. The first kappa shape index (κ1) is 16.3. The number of pyridine rings is 1. The standard InChI is InChI=1S/C18H15ClN6O/c1-11-8-16(22-14-9-13(19)5-6-15(14)26-2)25-18(21-11)23-17(24-25)12-4-3-7-20-10-12/h3-10,22H,1-2H3. The fourth-order valence-corrected chi connectivity index (χ4v) is 2.78. The van der Waals surface area contributed by atoms with E-state index < -0.39 is 0 Å². The quantitative estimate of drug-likeness (QED) is 0.590. The van der Waals surface area contributed by atoms with Gasteiger partial charge in [0.15, 0.2) is 5.82 Å². The fraction of sp³-hybridized carbons (Fsp3) is 0.111. The predicted octanol–water partition coefficient (Wildman–Crippen LogP) is 3.90. The van der Waals surface area contributed by atoms with E-state index in [0.717, 1.165) is 16.9 Å². The Morgan fingerprint density at radius 1 is 1.15 bits per heavy atom. The highest BCUT2D eigenvalue weighted by Gasteiger charge is 2.13. The van der Waals surface area contributed by atoms with E-state index in [1.807, 2.05) is 25.1 Å². The normalized spacial score (nSPS) is 10.9. The smallest absolute Gasteiger partial charge is 0.254 e. The summed E-state index contributed by atoms with van der Waals surface area (Å²) in [7, 11) is 1.61. The number of fused-ring (bicyclic) bond motifs is 1. The highest BCUT2D eigenvalue weighted by molar-refractivity contribution is 6.31. The molecule has 0 fully saturated rings. The van der Waals surface area contributed by atoms with Crippen molar-refractivity contribution in [1.82, 2.24) is 24.6 Å². The van der Waals surface area contributed by atoms with E-state index in [0.29, 0.717) is 28.2 Å². The maximum atomic E-state index is 6.12. The van der Waals surface area contributed by atoms with Crippen molar-refractivity contribution >= 4 is 28.9 Å². The number of rotatable bonds is 4. The van der Waals surface area contributed by atoms with E-state index in [1.54, 1.807) is 42.2 Å². The molecule has 0 amide bonds. The molecule has 0 unspecified atom stereocenters. The molecule has 3 heterocycles. The first-order valence-corrected chi connectivity index (χ1v) is 8.27. The van der Waals surface area contributed by atoms with E-state index in [1.165, 1.54) is 0 Å². The molecule has 3 aromatic heterocycles. The van der Waals surface area contributed by atoms with Gasteiger partial charge in [-0.1, -0.05) is 11.6 Å². The molecule has 1 N–H and O–H groups in total. The van der Waals surface area contributed by atoms with E-state index >= 15 is 0 Å². The number of methoxy groups -OCH3 is 1. The van der Waals surface area contributed by atoms with Crippen molar-refractivity contribution in [3.05, 3.63) is 59.5 Å². The lowest BCUT2D eigenvalue weighted by Crippen LogP contribution is -2.03. The number of benzene rings is 1. The Hall–Kier alpha value is -3.19. The Labute approximate surface area is 154 Å². The lowest BCUT2D eigenvalue weighted by molar-refractivity contribution is 0.417. The first-order valence-electron chi connectivity index (χ1n) is 7.89. The van der Waals surface area contributed by atoms with Gasteiger partial charge in [0.25, 0.3) is 5.78 Å². The fourth-order valence-electron chi connectivity index (χ4n) is 2.61. The van der Waals surface area contributed by atoms with Crippen molar-refractivity contribution in [3.63, 3.8) is 0 Å². The lowest BCUT2D eigenvalue weighted by atomic mass is 10.3. The van der Waals surface area contributed by atoms with Gasteiger partial charge in [0.1, 0.15) is 11.6 Å². The molecule has 26 heavy (non-hydrogen) atoms. The highest BCUT2D eigenvalue weighted by Crippen LogP contribution is 2.31. The summed E-state index contributed by atoms with van der Waals surface area (Å²) in [6.45, 7) is 1.90. The zero-order valence-electron chi connectivity index (χ0n) is 14.1. The van der Waals surface area contributed by atoms with Gasteiger partial charge < -0.3 is 10.1 Å². The number of hydrogen-bond donors (Lipinski definition) is 1. The van der Waals surface area contributed by atoms with E-state index in [9.17, 15) is 0 Å². The Bertz CT molecular complexity index is 1080. The van der Waals surface area contributed by atoms with Crippen LogP contribution < -0.4 is 10.1 Å². The van der Waals surface area contributed by atoms with Crippen molar-refractivity contribution < 1.29 is 4.74 Å². The molecule has 0 aliphatic heterocycles. The van der Waals surface area contributed by atoms with Crippen LogP contribution in [0.2, 0.25) is 5.02 Å². The van der Waals surface area contributed by atoms with Gasteiger partial charge in [-0.15, -0.1) is 5.10 Å². The summed E-state index contributed by atoms with van der Waals surface area (Å²) in [5.41, 5.74) is 2.36. The monoisotopic (exact) mass is 366 g/mol. The Morgan fingerprint density at radius 3 is 2.81 bits per heavy atom. The molecule has 8 heteroatoms. The van der Waals surface area contributed by atoms with E-state index in [4.69, 9.17) is 16.3 Å². The van der Waals surface area contributed by atoms with E-state index in [2.05, 4.69) is 25.4 Å². The van der Waals surface area contributed by atoms with Gasteiger partial charge in [0.2, 0.25) is 0 Å². The molecule has 4 aromatic rings. The molecular weight excluding hydrogens is 352 g/mol. The number of nitrogens with one attached hydrogen (secondary N) is 1. The maximum Gasteiger partial charge on any atom is 0.254 e. The Balaban J connectivity index is 1.83. The molecule has 0 radical (unpaired) electrons. The second-order valence-electron chi connectivity index (χ2n) is 5.64. The predicted molar refractivity (Wildman–Crippen MR) is 100 cm³/mol. The molecule has 0 bridgehead atoms. The summed E-state index contributed by atoms with van der Waals surface area (Å²) in [4.78, 5) is 13.1. The molecule has 0 saturated heterocycles. The average molecular weight is 367 g/mol. The lowest BCUT2D eigenvalue weighted by Gasteiger charge is -2.12. The minimum absolute atomic E-state index is 0.493. The van der Waals surface area contributed by atoms with Crippen molar-refractivity contribution in [2.75, 3.05) is 12.4 Å². The Morgan fingerprint density at radius 2 is 2.04 bits per heavy atom. The third kappa shape index (κ3) is 3.04. The van der Waals surface area contributed by atoms with Crippen LogP contribution in [0.3, 0.4) is 0 Å². The highest BCUT2D eigenvalue weighted by atomic mass is 35.5. The van der Waals surface area contributed by atoms with Crippen LogP contribution in [0.4, 0.5) is 11.5 Å². The minimum atomic E-state index is 0.493. The number of anilines is 2. The van der Waals surface area contributed by atoms with Crippen molar-refractivity contribution in [2.24, 2.45) is 0 Å². The third-order valence-corrected chi connectivity index (χ3v) is 4.02. The number of ether oxygens (including phenoxy) is 1. The van der Waals surface area contributed by atoms with Gasteiger partial charge in [-0.3, -0.25) is 4.98 Å². The van der Waals surface area contributed by atoms with Gasteiger partial charge in [-0.05, 0) is 37.3 Å². The summed E-state index contributed by atoms with van der Waals surface area (Å²) in [5.74, 6) is 2.42. The van der Waals surface area contributed by atoms with Crippen LogP contribution in [-0.4, -0.2) is 31.7 Å². The van der Waals surface area contributed by atoms with Gasteiger partial charge >= 0.3 is 0 Å². The van der Waals surface area contributed by atoms with Crippen molar-refractivity contribution in [1.29, 1.82) is 0 Å². The zero-order valence-corrected chi connectivity index (χ0v) is 14.9. The topological polar surface area (TPSA) is 77.2 Å². The summed E-state index contributed by atoms with van der Waals surface area (Å²) in [6, 6.07) is 11.0. The number of aryl methyl sites for hydroxylation is 1. The molecule has 0 atom stereocenters. The number of hydrogen-bond acceptors (Lipinski definition) is 6. The van der Waals surface area contributed by atoms with Crippen LogP contribution >= 0.6 is 11.6 Å². The second-order valence-corrected chi connectivity index (χ2v) is 6.08. The largest absolute Gasteiger partial charge is 0.495 e. The summed E-state index contributed by atoms with van der Waals surface area (Å²) in [6.07, 6.45) is 3.43. The molecule has 0 spiro atoms. The SMILES string of the molecule is COc1ccc(Cl)cc1Nc1cc(C)nc2nc(-c3cccnc3)nn12. The first-order chi connectivity index (χ1) is 12.6. The van der Waals surface area contributed by atoms with Crippen molar-refractivity contribution in [3.8, 4) is 17.1 Å². The minimum Gasteiger partial charge on any atom is -0.495 e. The van der Waals surface area contributed by atoms with E-state index in [-0.39, 0.29) is 0 Å². The van der Waals surface area contributed by atoms with Crippen LogP contribution in [-0.2, 0) is 0 Å². The third-order valence-electron chi connectivity index (χ3n) is 3.78. The molecular formula is C18H15ClN6O. The van der Waals surface area contributed by atoms with Crippen LogP contribution in [0.5, 0.6) is 5.75 Å². The number of nitrogens with zero attached hydrogens (tertiary/aromatic N) is 5. The molecule has 0 aliphatic rings. The summed E-state index contributed by atoms with van der Waals surface area (Å²) < 4.78 is 7.05. The van der Waals surface area contributed by atoms with Gasteiger partial charge in [0, 0.05) is 34.7 Å². The molecule has 0 saturated carbocycles. The van der Waals surface area contributed by atoms with Crippen LogP contribution in [0.15, 0.2) is 48.8 Å². The number of halogens is 1. The van der Waals surface area contributed by atoms with Gasteiger partial charge in [-0.2, -0.15) is 9.50 Å². The van der Waals surface area contributed by atoms with Crippen LogP contribution in [0.25, 0.3) is 17.2 Å². The molecule has 1 aromatic carbocycles. The van der Waals surface area contributed by atoms with Gasteiger partial charge in [0.05, 0.1) is 12.8 Å². The summed E-state index contributed by atoms with van der Waals surface area (Å²) >= 11 is 6.12. The second kappa shape index (κ2) is 6.61. The number of aromatic nitrogens is 5. The Kier molecular flexibility index (Phi) is 4.14. The maximum absolute atomic E-state index is 6.12. The van der Waals surface area contributed by atoms with Crippen LogP contribution in [0.1, 0.15) is 5.69 Å². The van der Waals surface area contributed by atoms with Gasteiger partial charge in [-0.25, -0.2) is 4.98 Å². The average Bonchev–Trinajstić information content (AvgIpc) is 3.07. The molecule has 4 rings (SSSR count). The molecule has 0 aliphatic carbocycles. The zero-order chi connectivity index (χ0) is 18.1. The van der Waals surface area contributed by atoms with Crippen LogP contribution in [0, 0.1) is 6.92 Å². The van der Waals surface area contributed by atoms with Crippen molar-refractivity contribution in [2.45, 2.75) is 6.92 Å². The molecule has 130 valence electrons.